The first-order valence-electron chi connectivity index (χ1n) is 6.41. The van der Waals surface area contributed by atoms with E-state index in [0.29, 0.717) is 18.7 Å². The predicted molar refractivity (Wildman–Crippen MR) is 76.3 cm³/mol. The second-order valence-electron chi connectivity index (χ2n) is 4.84. The van der Waals surface area contributed by atoms with E-state index in [0.717, 1.165) is 16.8 Å². The molecule has 0 radical (unpaired) electrons. The monoisotopic (exact) mass is 274 g/mol. The van der Waals surface area contributed by atoms with Crippen LogP contribution in [-0.2, 0) is 20.1 Å². The predicted octanol–water partition coefficient (Wildman–Crippen LogP) is 2.23. The summed E-state index contributed by atoms with van der Waals surface area (Å²) in [5.41, 5.74) is 3.96. The molecule has 1 aromatic heterocycles. The van der Waals surface area contributed by atoms with E-state index in [9.17, 15) is 10.1 Å². The van der Waals surface area contributed by atoms with Crippen molar-refractivity contribution in [2.24, 2.45) is 7.05 Å². The van der Waals surface area contributed by atoms with Gasteiger partial charge in [0.05, 0.1) is 10.6 Å². The first-order chi connectivity index (χ1) is 9.49. The number of hydrogen-bond acceptors (Lipinski definition) is 4. The van der Waals surface area contributed by atoms with Crippen LogP contribution in [0.15, 0.2) is 24.4 Å². The lowest BCUT2D eigenvalue weighted by Crippen LogP contribution is -2.14. The molecule has 1 N–H and O–H groups in total. The summed E-state index contributed by atoms with van der Waals surface area (Å²) in [4.78, 5) is 10.5. The van der Waals surface area contributed by atoms with Crippen LogP contribution >= 0.6 is 0 Å². The van der Waals surface area contributed by atoms with Crippen molar-refractivity contribution in [3.05, 3.63) is 56.9 Å². The standard InChI is InChI=1S/C14H18N4O2/c1-10-12(5-4-6-14(10)18(19)20)7-15-8-13-9-17(3)16-11(13)2/h4-6,9,15H,7-8H2,1-3H3. The second kappa shape index (κ2) is 5.83. The number of hydrogen-bond donors (Lipinski definition) is 1. The van der Waals surface area contributed by atoms with Gasteiger partial charge in [0.25, 0.3) is 5.69 Å². The van der Waals surface area contributed by atoms with Crippen molar-refractivity contribution >= 4 is 5.69 Å². The van der Waals surface area contributed by atoms with Gasteiger partial charge < -0.3 is 5.32 Å². The van der Waals surface area contributed by atoms with Crippen LogP contribution in [0.25, 0.3) is 0 Å². The van der Waals surface area contributed by atoms with Gasteiger partial charge in [-0.15, -0.1) is 0 Å². The summed E-state index contributed by atoms with van der Waals surface area (Å²) >= 11 is 0. The number of nitrogens with zero attached hydrogens (tertiary/aromatic N) is 3. The maximum atomic E-state index is 10.9. The Morgan fingerprint density at radius 1 is 1.30 bits per heavy atom. The van der Waals surface area contributed by atoms with Crippen molar-refractivity contribution in [2.45, 2.75) is 26.9 Å². The van der Waals surface area contributed by atoms with E-state index >= 15 is 0 Å². The number of nitro groups is 1. The normalized spacial score (nSPS) is 10.8. The van der Waals surface area contributed by atoms with Gasteiger partial charge >= 0.3 is 0 Å². The minimum absolute atomic E-state index is 0.168. The SMILES string of the molecule is Cc1nn(C)cc1CNCc1cccc([N+](=O)[O-])c1C. The lowest BCUT2D eigenvalue weighted by molar-refractivity contribution is -0.385. The van der Waals surface area contributed by atoms with Gasteiger partial charge in [-0.2, -0.15) is 5.10 Å². The van der Waals surface area contributed by atoms with Gasteiger partial charge in [-0.3, -0.25) is 14.8 Å². The smallest absolute Gasteiger partial charge is 0.272 e. The molecule has 1 aromatic carbocycles. The Kier molecular flexibility index (Phi) is 4.14. The topological polar surface area (TPSA) is 73.0 Å². The van der Waals surface area contributed by atoms with Crippen molar-refractivity contribution in [3.63, 3.8) is 0 Å². The number of benzene rings is 1. The van der Waals surface area contributed by atoms with Gasteiger partial charge in [0.15, 0.2) is 0 Å². The number of nitrogens with one attached hydrogen (secondary N) is 1. The lowest BCUT2D eigenvalue weighted by atomic mass is 10.1. The van der Waals surface area contributed by atoms with Gasteiger partial charge in [-0.1, -0.05) is 12.1 Å². The molecule has 2 aromatic rings. The fourth-order valence-corrected chi connectivity index (χ4v) is 2.21. The molecule has 6 heteroatoms. The third-order valence-electron chi connectivity index (χ3n) is 3.36. The molecule has 0 bridgehead atoms. The highest BCUT2D eigenvalue weighted by molar-refractivity contribution is 5.44. The van der Waals surface area contributed by atoms with Gasteiger partial charge in [0.1, 0.15) is 0 Å². The van der Waals surface area contributed by atoms with Crippen LogP contribution in [-0.4, -0.2) is 14.7 Å². The molecule has 0 aliphatic carbocycles. The van der Waals surface area contributed by atoms with Crippen LogP contribution in [0, 0.1) is 24.0 Å². The van der Waals surface area contributed by atoms with Gasteiger partial charge in [-0.25, -0.2) is 0 Å². The molecule has 0 amide bonds. The molecule has 0 spiro atoms. The lowest BCUT2D eigenvalue weighted by Gasteiger charge is -2.07. The maximum Gasteiger partial charge on any atom is 0.272 e. The minimum Gasteiger partial charge on any atom is -0.308 e. The summed E-state index contributed by atoms with van der Waals surface area (Å²) in [7, 11) is 1.89. The van der Waals surface area contributed by atoms with Crippen LogP contribution in [0.3, 0.4) is 0 Å². The van der Waals surface area contributed by atoms with Crippen molar-refractivity contribution in [2.75, 3.05) is 0 Å². The van der Waals surface area contributed by atoms with E-state index in [1.165, 1.54) is 6.07 Å². The number of aromatic nitrogens is 2. The van der Waals surface area contributed by atoms with E-state index in [2.05, 4.69) is 10.4 Å². The fourth-order valence-electron chi connectivity index (χ4n) is 2.21. The number of nitro benzene ring substituents is 1. The summed E-state index contributed by atoms with van der Waals surface area (Å²) < 4.78 is 1.78. The van der Waals surface area contributed by atoms with Gasteiger partial charge in [0.2, 0.25) is 0 Å². The highest BCUT2D eigenvalue weighted by Crippen LogP contribution is 2.20. The quantitative estimate of drug-likeness (QED) is 0.670. The van der Waals surface area contributed by atoms with Crippen molar-refractivity contribution in [3.8, 4) is 0 Å². The summed E-state index contributed by atoms with van der Waals surface area (Å²) in [5.74, 6) is 0. The Balaban J connectivity index is 2.03. The van der Waals surface area contributed by atoms with Crippen LogP contribution in [0.4, 0.5) is 5.69 Å². The minimum atomic E-state index is -0.343. The largest absolute Gasteiger partial charge is 0.308 e. The maximum absolute atomic E-state index is 10.9. The molecule has 106 valence electrons. The van der Waals surface area contributed by atoms with E-state index in [4.69, 9.17) is 0 Å². The Hall–Kier alpha value is -2.21. The van der Waals surface area contributed by atoms with E-state index in [1.807, 2.05) is 26.2 Å². The molecule has 6 nitrogen and oxygen atoms in total. The number of rotatable bonds is 5. The summed E-state index contributed by atoms with van der Waals surface area (Å²) in [6, 6.07) is 5.16. The Morgan fingerprint density at radius 2 is 2.00 bits per heavy atom. The molecule has 1 heterocycles. The summed E-state index contributed by atoms with van der Waals surface area (Å²) in [5, 5.41) is 18.5. The zero-order valence-corrected chi connectivity index (χ0v) is 11.9. The highest BCUT2D eigenvalue weighted by Gasteiger charge is 2.12. The Bertz CT molecular complexity index is 634. The molecule has 0 saturated heterocycles. The average Bonchev–Trinajstić information content (AvgIpc) is 2.69. The number of aryl methyl sites for hydroxylation is 2. The van der Waals surface area contributed by atoms with Crippen LogP contribution < -0.4 is 5.32 Å². The molecule has 0 atom stereocenters. The molecule has 0 saturated carbocycles. The zero-order valence-electron chi connectivity index (χ0n) is 11.9. The molecule has 0 fully saturated rings. The molecule has 20 heavy (non-hydrogen) atoms. The van der Waals surface area contributed by atoms with E-state index in [-0.39, 0.29) is 10.6 Å². The molecule has 0 aliphatic rings. The molecule has 0 unspecified atom stereocenters. The fraction of sp³-hybridized carbons (Fsp3) is 0.357. The van der Waals surface area contributed by atoms with E-state index < -0.39 is 0 Å². The third-order valence-corrected chi connectivity index (χ3v) is 3.36. The summed E-state index contributed by atoms with van der Waals surface area (Å²) in [6.45, 7) is 5.05. The molecular formula is C14H18N4O2. The van der Waals surface area contributed by atoms with Crippen molar-refractivity contribution in [1.29, 1.82) is 0 Å². The second-order valence-corrected chi connectivity index (χ2v) is 4.84. The summed E-state index contributed by atoms with van der Waals surface area (Å²) in [6.07, 6.45) is 1.97. The van der Waals surface area contributed by atoms with Crippen LogP contribution in [0.1, 0.15) is 22.4 Å². The molecule has 2 rings (SSSR count). The van der Waals surface area contributed by atoms with E-state index in [1.54, 1.807) is 17.7 Å². The highest BCUT2D eigenvalue weighted by atomic mass is 16.6. The molecule has 0 aliphatic heterocycles. The first kappa shape index (κ1) is 14.2. The zero-order chi connectivity index (χ0) is 14.7. The van der Waals surface area contributed by atoms with Crippen LogP contribution in [0.2, 0.25) is 0 Å². The van der Waals surface area contributed by atoms with Gasteiger partial charge in [0, 0.05) is 43.5 Å². The first-order valence-corrected chi connectivity index (χ1v) is 6.41. The van der Waals surface area contributed by atoms with Crippen LogP contribution in [0.5, 0.6) is 0 Å². The molecular weight excluding hydrogens is 256 g/mol. The average molecular weight is 274 g/mol. The Labute approximate surface area is 117 Å². The van der Waals surface area contributed by atoms with Gasteiger partial charge in [-0.05, 0) is 19.4 Å². The third kappa shape index (κ3) is 3.03. The van der Waals surface area contributed by atoms with Crippen molar-refractivity contribution in [1.82, 2.24) is 15.1 Å². The van der Waals surface area contributed by atoms with Crippen molar-refractivity contribution < 1.29 is 4.92 Å². The Morgan fingerprint density at radius 3 is 2.60 bits per heavy atom.